The third kappa shape index (κ3) is 5.03. The highest BCUT2D eigenvalue weighted by molar-refractivity contribution is 6.30. The summed E-state index contributed by atoms with van der Waals surface area (Å²) in [5, 5.41) is 13.5. The average Bonchev–Trinajstić information content (AvgIpc) is 3.28. The fourth-order valence-electron chi connectivity index (χ4n) is 4.09. The molecule has 9 heteroatoms. The summed E-state index contributed by atoms with van der Waals surface area (Å²) < 4.78 is 12.7. The van der Waals surface area contributed by atoms with Crippen molar-refractivity contribution in [3.8, 4) is 11.5 Å². The molecule has 1 aliphatic heterocycles. The maximum absolute atomic E-state index is 6.16. The summed E-state index contributed by atoms with van der Waals surface area (Å²) in [5.74, 6) is 2.29. The summed E-state index contributed by atoms with van der Waals surface area (Å²) in [6.45, 7) is 4.59. The number of aryl methyl sites for hydroxylation is 2. The zero-order chi connectivity index (χ0) is 22.5. The molecule has 0 amide bonds. The molecule has 1 fully saturated rings. The molecular weight excluding hydrogens is 428 g/mol. The fraction of sp³-hybridized carbons (Fsp3) is 0.435. The second-order valence-electron chi connectivity index (χ2n) is 7.99. The van der Waals surface area contributed by atoms with E-state index in [0.717, 1.165) is 66.1 Å². The topological polar surface area (TPSA) is 68.5 Å². The zero-order valence-corrected chi connectivity index (χ0v) is 19.5. The molecular formula is C23H29ClN6O2. The van der Waals surface area contributed by atoms with E-state index in [4.69, 9.17) is 21.1 Å². The number of rotatable bonds is 8. The smallest absolute Gasteiger partial charge is 0.173 e. The van der Waals surface area contributed by atoms with Crippen LogP contribution >= 0.6 is 11.6 Å². The summed E-state index contributed by atoms with van der Waals surface area (Å²) in [7, 11) is 5.44. The van der Waals surface area contributed by atoms with Crippen molar-refractivity contribution in [2.75, 3.05) is 47.4 Å². The maximum Gasteiger partial charge on any atom is 0.173 e. The van der Waals surface area contributed by atoms with Crippen molar-refractivity contribution < 1.29 is 9.47 Å². The first kappa shape index (κ1) is 22.5. The monoisotopic (exact) mass is 456 g/mol. The first-order chi connectivity index (χ1) is 15.6. The van der Waals surface area contributed by atoms with Gasteiger partial charge >= 0.3 is 0 Å². The maximum atomic E-state index is 6.16. The number of aromatic nitrogens is 4. The van der Waals surface area contributed by atoms with Crippen LogP contribution < -0.4 is 9.47 Å². The molecule has 0 aliphatic carbocycles. The van der Waals surface area contributed by atoms with E-state index in [1.54, 1.807) is 14.2 Å². The number of nitrogens with zero attached hydrogens (tertiary/aromatic N) is 6. The summed E-state index contributed by atoms with van der Waals surface area (Å²) in [6, 6.07) is 13.9. The second kappa shape index (κ2) is 10.3. The number of ether oxygens (including phenoxy) is 2. The molecule has 2 aromatic carbocycles. The minimum Gasteiger partial charge on any atom is -0.493 e. The van der Waals surface area contributed by atoms with Crippen molar-refractivity contribution in [3.05, 3.63) is 64.4 Å². The van der Waals surface area contributed by atoms with E-state index in [1.165, 1.54) is 0 Å². The summed E-state index contributed by atoms with van der Waals surface area (Å²) in [5.41, 5.74) is 2.27. The van der Waals surface area contributed by atoms with Gasteiger partial charge in [-0.1, -0.05) is 29.8 Å². The number of methoxy groups -OCH3 is 2. The van der Waals surface area contributed by atoms with Gasteiger partial charge in [0.2, 0.25) is 0 Å². The van der Waals surface area contributed by atoms with Crippen molar-refractivity contribution in [2.45, 2.75) is 19.0 Å². The molecule has 1 aliphatic rings. The molecule has 0 saturated carbocycles. The molecule has 0 N–H and O–H groups in total. The summed E-state index contributed by atoms with van der Waals surface area (Å²) >= 11 is 6.16. The number of halogens is 1. The Hall–Kier alpha value is -2.68. The fourth-order valence-corrected chi connectivity index (χ4v) is 4.21. The van der Waals surface area contributed by atoms with Gasteiger partial charge in [0.25, 0.3) is 0 Å². The Morgan fingerprint density at radius 1 is 0.969 bits per heavy atom. The standard InChI is InChI=1S/C23H29ClN6O2/c1-28-12-14-29(15-13-28)22(18-5-7-19(24)8-6-18)23-25-26-27-30(23)11-10-17-4-9-20(31-2)21(16-17)32-3/h4-9,16,22H,10-15H2,1-3H3/t22-/m1/s1. The quantitative estimate of drug-likeness (QED) is 0.516. The Kier molecular flexibility index (Phi) is 7.24. The number of hydrogen-bond donors (Lipinski definition) is 0. The predicted octanol–water partition coefficient (Wildman–Crippen LogP) is 2.92. The Labute approximate surface area is 193 Å². The van der Waals surface area contributed by atoms with Gasteiger partial charge in [-0.2, -0.15) is 0 Å². The molecule has 0 radical (unpaired) electrons. The van der Waals surface area contributed by atoms with Crippen LogP contribution in [0.5, 0.6) is 11.5 Å². The van der Waals surface area contributed by atoms with Gasteiger partial charge in [0, 0.05) is 37.7 Å². The highest BCUT2D eigenvalue weighted by Gasteiger charge is 2.29. The molecule has 1 aromatic heterocycles. The lowest BCUT2D eigenvalue weighted by Crippen LogP contribution is -2.46. The van der Waals surface area contributed by atoms with Crippen LogP contribution in [0.1, 0.15) is 23.0 Å². The Morgan fingerprint density at radius 2 is 1.69 bits per heavy atom. The largest absolute Gasteiger partial charge is 0.493 e. The van der Waals surface area contributed by atoms with Gasteiger partial charge in [0.05, 0.1) is 20.3 Å². The molecule has 170 valence electrons. The van der Waals surface area contributed by atoms with Crippen molar-refractivity contribution in [1.82, 2.24) is 30.0 Å². The number of tetrazole rings is 1. The van der Waals surface area contributed by atoms with E-state index < -0.39 is 0 Å². The van der Waals surface area contributed by atoms with Crippen molar-refractivity contribution >= 4 is 11.6 Å². The molecule has 1 atom stereocenters. The summed E-state index contributed by atoms with van der Waals surface area (Å²) in [4.78, 5) is 4.79. The average molecular weight is 457 g/mol. The molecule has 0 spiro atoms. The molecule has 8 nitrogen and oxygen atoms in total. The van der Waals surface area contributed by atoms with Gasteiger partial charge in [0.15, 0.2) is 17.3 Å². The van der Waals surface area contributed by atoms with Crippen molar-refractivity contribution in [3.63, 3.8) is 0 Å². The minimum absolute atomic E-state index is 0.0265. The van der Waals surface area contributed by atoms with Crippen LogP contribution in [-0.2, 0) is 13.0 Å². The third-order valence-corrected chi connectivity index (χ3v) is 6.21. The third-order valence-electron chi connectivity index (χ3n) is 5.95. The van der Waals surface area contributed by atoms with Gasteiger partial charge in [-0.05, 0) is 59.3 Å². The molecule has 32 heavy (non-hydrogen) atoms. The summed E-state index contributed by atoms with van der Waals surface area (Å²) in [6.07, 6.45) is 0.772. The molecule has 3 aromatic rings. The van der Waals surface area contributed by atoms with Crippen LogP contribution in [0.4, 0.5) is 0 Å². The van der Waals surface area contributed by atoms with E-state index in [1.807, 2.05) is 35.0 Å². The second-order valence-corrected chi connectivity index (χ2v) is 8.43. The lowest BCUT2D eigenvalue weighted by atomic mass is 10.0. The number of hydrogen-bond acceptors (Lipinski definition) is 7. The molecule has 0 unspecified atom stereocenters. The number of piperazine rings is 1. The van der Waals surface area contributed by atoms with Gasteiger partial charge in [-0.15, -0.1) is 5.10 Å². The highest BCUT2D eigenvalue weighted by atomic mass is 35.5. The highest BCUT2D eigenvalue weighted by Crippen LogP contribution is 2.30. The molecule has 2 heterocycles. The minimum atomic E-state index is -0.0265. The van der Waals surface area contributed by atoms with Crippen LogP contribution in [0, 0.1) is 0 Å². The van der Waals surface area contributed by atoms with Crippen LogP contribution in [0.2, 0.25) is 5.02 Å². The van der Waals surface area contributed by atoms with Crippen molar-refractivity contribution in [1.29, 1.82) is 0 Å². The van der Waals surface area contributed by atoms with E-state index in [-0.39, 0.29) is 6.04 Å². The van der Waals surface area contributed by atoms with Gasteiger partial charge in [-0.3, -0.25) is 4.90 Å². The number of benzene rings is 2. The van der Waals surface area contributed by atoms with E-state index >= 15 is 0 Å². The SMILES string of the molecule is COc1ccc(CCn2nnnc2[C@@H](c2ccc(Cl)cc2)N2CCN(C)CC2)cc1OC. The van der Waals surface area contributed by atoms with Crippen LogP contribution in [0.25, 0.3) is 0 Å². The Morgan fingerprint density at radius 3 is 2.38 bits per heavy atom. The van der Waals surface area contributed by atoms with E-state index in [9.17, 15) is 0 Å². The van der Waals surface area contributed by atoms with E-state index in [2.05, 4.69) is 44.5 Å². The number of likely N-dealkylation sites (N-methyl/N-ethyl adjacent to an activating group) is 1. The van der Waals surface area contributed by atoms with Gasteiger partial charge in [0.1, 0.15) is 0 Å². The first-order valence-electron chi connectivity index (χ1n) is 10.7. The Bertz CT molecular complexity index is 1020. The normalized spacial score (nSPS) is 16.1. The Balaban J connectivity index is 1.58. The van der Waals surface area contributed by atoms with E-state index in [0.29, 0.717) is 6.54 Å². The first-order valence-corrected chi connectivity index (χ1v) is 11.1. The van der Waals surface area contributed by atoms with Crippen LogP contribution in [-0.4, -0.2) is 77.5 Å². The predicted molar refractivity (Wildman–Crippen MR) is 123 cm³/mol. The molecule has 1 saturated heterocycles. The lowest BCUT2D eigenvalue weighted by molar-refractivity contribution is 0.121. The molecule has 4 rings (SSSR count). The lowest BCUT2D eigenvalue weighted by Gasteiger charge is -2.37. The zero-order valence-electron chi connectivity index (χ0n) is 18.7. The van der Waals surface area contributed by atoms with Crippen molar-refractivity contribution in [2.24, 2.45) is 0 Å². The van der Waals surface area contributed by atoms with Crippen LogP contribution in [0.15, 0.2) is 42.5 Å². The molecule has 0 bridgehead atoms. The van der Waals surface area contributed by atoms with Gasteiger partial charge < -0.3 is 14.4 Å². The van der Waals surface area contributed by atoms with Crippen LogP contribution in [0.3, 0.4) is 0 Å². The van der Waals surface area contributed by atoms with Gasteiger partial charge in [-0.25, -0.2) is 4.68 Å².